The quantitative estimate of drug-likeness (QED) is 0.536. The van der Waals surface area contributed by atoms with Crippen molar-refractivity contribution in [2.75, 3.05) is 20.3 Å². The van der Waals surface area contributed by atoms with Crippen LogP contribution >= 0.6 is 0 Å². The summed E-state index contributed by atoms with van der Waals surface area (Å²) in [6, 6.07) is 14.5. The van der Waals surface area contributed by atoms with Gasteiger partial charge >= 0.3 is 12.1 Å². The van der Waals surface area contributed by atoms with E-state index in [-0.39, 0.29) is 19.1 Å². The van der Waals surface area contributed by atoms with Crippen molar-refractivity contribution in [3.05, 3.63) is 59.7 Å². The van der Waals surface area contributed by atoms with Gasteiger partial charge in [-0.05, 0) is 42.5 Å². The molecular weight excluding hydrogens is 424 g/mol. The lowest BCUT2D eigenvalue weighted by Gasteiger charge is -2.37. The van der Waals surface area contributed by atoms with Gasteiger partial charge in [0.15, 0.2) is 0 Å². The number of carbonyl (C=O) groups is 3. The molecule has 2 aromatic rings. The molecule has 0 spiro atoms. The molecule has 0 heterocycles. The maximum atomic E-state index is 12.9. The molecule has 3 N–H and O–H groups in total. The molecule has 0 saturated heterocycles. The SMILES string of the molecule is CN(C(=O)C(CC(=O)O)NC(=O)OCC1c2ccccc2-c2ccccc21)C(C)(C)CCO. The molecule has 0 aromatic heterocycles. The van der Waals surface area contributed by atoms with Gasteiger partial charge in [-0.25, -0.2) is 4.79 Å². The first-order valence-electron chi connectivity index (χ1n) is 10.9. The first-order valence-corrected chi connectivity index (χ1v) is 10.9. The van der Waals surface area contributed by atoms with Gasteiger partial charge < -0.3 is 25.2 Å². The van der Waals surface area contributed by atoms with Gasteiger partial charge in [-0.1, -0.05) is 48.5 Å². The number of amides is 2. The molecule has 0 radical (unpaired) electrons. The highest BCUT2D eigenvalue weighted by atomic mass is 16.5. The number of rotatable bonds is 9. The minimum atomic E-state index is -1.29. The predicted molar refractivity (Wildman–Crippen MR) is 123 cm³/mol. The molecular formula is C25H30N2O6. The fraction of sp³-hybridized carbons (Fsp3) is 0.400. The standard InChI is InChI=1S/C25H30N2O6/c1-25(2,12-13-28)27(3)23(31)21(14-22(29)30)26-24(32)33-15-20-18-10-6-4-8-16(18)17-9-5-7-11-19(17)20/h4-11,20-21,28H,12-15H2,1-3H3,(H,26,32)(H,29,30). The van der Waals surface area contributed by atoms with Crippen LogP contribution in [0.4, 0.5) is 4.79 Å². The number of fused-ring (bicyclic) bond motifs is 3. The number of likely N-dealkylation sites (N-methyl/N-ethyl adjacent to an activating group) is 1. The first-order chi connectivity index (χ1) is 15.7. The second-order valence-electron chi connectivity index (χ2n) is 8.80. The Labute approximate surface area is 193 Å². The molecule has 1 atom stereocenters. The van der Waals surface area contributed by atoms with E-state index in [1.165, 1.54) is 11.9 Å². The van der Waals surface area contributed by atoms with Gasteiger partial charge in [0.1, 0.15) is 12.6 Å². The molecule has 0 fully saturated rings. The van der Waals surface area contributed by atoms with Crippen molar-refractivity contribution in [3.63, 3.8) is 0 Å². The van der Waals surface area contributed by atoms with E-state index in [1.807, 2.05) is 48.5 Å². The number of aliphatic carboxylic acids is 1. The van der Waals surface area contributed by atoms with Crippen molar-refractivity contribution in [2.45, 2.75) is 44.2 Å². The van der Waals surface area contributed by atoms with Crippen LogP contribution in [0.1, 0.15) is 43.7 Å². The molecule has 1 unspecified atom stereocenters. The molecule has 2 aromatic carbocycles. The number of aliphatic hydroxyl groups excluding tert-OH is 1. The number of benzene rings is 2. The summed E-state index contributed by atoms with van der Waals surface area (Å²) in [5.74, 6) is -1.94. The highest BCUT2D eigenvalue weighted by molar-refractivity contribution is 5.89. The second kappa shape index (κ2) is 10.0. The van der Waals surface area contributed by atoms with Gasteiger partial charge in [-0.3, -0.25) is 9.59 Å². The van der Waals surface area contributed by atoms with Crippen LogP contribution in [0.15, 0.2) is 48.5 Å². The number of carbonyl (C=O) groups excluding carboxylic acids is 2. The van der Waals surface area contributed by atoms with E-state index in [2.05, 4.69) is 5.32 Å². The lowest BCUT2D eigenvalue weighted by atomic mass is 9.97. The minimum Gasteiger partial charge on any atom is -0.481 e. The third-order valence-electron chi connectivity index (χ3n) is 6.27. The molecule has 8 heteroatoms. The van der Waals surface area contributed by atoms with Gasteiger partial charge in [0.2, 0.25) is 5.91 Å². The summed E-state index contributed by atoms with van der Waals surface area (Å²) < 4.78 is 5.46. The summed E-state index contributed by atoms with van der Waals surface area (Å²) in [6.45, 7) is 3.44. The number of ether oxygens (including phenoxy) is 1. The van der Waals surface area contributed by atoms with Crippen molar-refractivity contribution in [1.82, 2.24) is 10.2 Å². The van der Waals surface area contributed by atoms with Crippen LogP contribution in [0.3, 0.4) is 0 Å². The first kappa shape index (κ1) is 24.3. The number of carboxylic acid groups (broad SMARTS) is 1. The molecule has 0 saturated carbocycles. The number of alkyl carbamates (subject to hydrolysis) is 1. The van der Waals surface area contributed by atoms with Gasteiger partial charge in [-0.15, -0.1) is 0 Å². The normalized spacial score (nSPS) is 13.6. The fourth-order valence-electron chi connectivity index (χ4n) is 4.13. The highest BCUT2D eigenvalue weighted by Gasteiger charge is 2.35. The van der Waals surface area contributed by atoms with E-state index < -0.39 is 36.0 Å². The van der Waals surface area contributed by atoms with Crippen molar-refractivity contribution in [2.24, 2.45) is 0 Å². The van der Waals surface area contributed by atoms with Crippen molar-refractivity contribution >= 4 is 18.0 Å². The van der Waals surface area contributed by atoms with Crippen molar-refractivity contribution in [1.29, 1.82) is 0 Å². The number of carboxylic acids is 1. The largest absolute Gasteiger partial charge is 0.481 e. The zero-order valence-electron chi connectivity index (χ0n) is 19.1. The maximum Gasteiger partial charge on any atom is 0.407 e. The molecule has 176 valence electrons. The Morgan fingerprint density at radius 2 is 1.61 bits per heavy atom. The fourth-order valence-corrected chi connectivity index (χ4v) is 4.13. The Kier molecular flexibility index (Phi) is 7.38. The van der Waals surface area contributed by atoms with Crippen LogP contribution in [0, 0.1) is 0 Å². The van der Waals surface area contributed by atoms with Gasteiger partial charge in [-0.2, -0.15) is 0 Å². The van der Waals surface area contributed by atoms with E-state index >= 15 is 0 Å². The maximum absolute atomic E-state index is 12.9. The van der Waals surface area contributed by atoms with Gasteiger partial charge in [0.25, 0.3) is 0 Å². The number of hydrogen-bond acceptors (Lipinski definition) is 5. The van der Waals surface area contributed by atoms with Crippen LogP contribution in [0.2, 0.25) is 0 Å². The zero-order chi connectivity index (χ0) is 24.2. The average Bonchev–Trinajstić information content (AvgIpc) is 3.09. The summed E-state index contributed by atoms with van der Waals surface area (Å²) in [5.41, 5.74) is 3.57. The monoisotopic (exact) mass is 454 g/mol. The Morgan fingerprint density at radius 1 is 1.06 bits per heavy atom. The van der Waals surface area contributed by atoms with Crippen molar-refractivity contribution < 1.29 is 29.3 Å². The predicted octanol–water partition coefficient (Wildman–Crippen LogP) is 2.99. The molecule has 2 amide bonds. The van der Waals surface area contributed by atoms with E-state index in [9.17, 15) is 24.6 Å². The third-order valence-corrected chi connectivity index (χ3v) is 6.27. The molecule has 1 aliphatic rings. The highest BCUT2D eigenvalue weighted by Crippen LogP contribution is 2.44. The van der Waals surface area contributed by atoms with E-state index in [1.54, 1.807) is 13.8 Å². The smallest absolute Gasteiger partial charge is 0.407 e. The Bertz CT molecular complexity index is 990. The molecule has 3 rings (SSSR count). The molecule has 1 aliphatic carbocycles. The number of nitrogens with one attached hydrogen (secondary N) is 1. The Balaban J connectivity index is 1.70. The topological polar surface area (TPSA) is 116 Å². The van der Waals surface area contributed by atoms with E-state index in [4.69, 9.17) is 4.74 Å². The summed E-state index contributed by atoms with van der Waals surface area (Å²) >= 11 is 0. The summed E-state index contributed by atoms with van der Waals surface area (Å²) in [7, 11) is 1.52. The van der Waals surface area contributed by atoms with Crippen molar-refractivity contribution in [3.8, 4) is 11.1 Å². The van der Waals surface area contributed by atoms with Crippen LogP contribution in [-0.2, 0) is 14.3 Å². The average molecular weight is 455 g/mol. The third kappa shape index (κ3) is 5.34. The summed E-state index contributed by atoms with van der Waals surface area (Å²) in [4.78, 5) is 38.2. The lowest BCUT2D eigenvalue weighted by Crippen LogP contribution is -2.55. The lowest BCUT2D eigenvalue weighted by molar-refractivity contribution is -0.144. The summed E-state index contributed by atoms with van der Waals surface area (Å²) in [6.07, 6.45) is -1.13. The number of aliphatic hydroxyl groups is 1. The van der Waals surface area contributed by atoms with Crippen LogP contribution in [-0.4, -0.2) is 64.9 Å². The molecule has 33 heavy (non-hydrogen) atoms. The number of hydrogen-bond donors (Lipinski definition) is 3. The second-order valence-corrected chi connectivity index (χ2v) is 8.80. The van der Waals surface area contributed by atoms with Gasteiger partial charge in [0.05, 0.1) is 6.42 Å². The number of nitrogens with zero attached hydrogens (tertiary/aromatic N) is 1. The van der Waals surface area contributed by atoms with E-state index in [0.29, 0.717) is 6.42 Å². The summed E-state index contributed by atoms with van der Waals surface area (Å²) in [5, 5.41) is 20.9. The van der Waals surface area contributed by atoms with Crippen LogP contribution in [0.5, 0.6) is 0 Å². The minimum absolute atomic E-state index is 0.0552. The zero-order valence-corrected chi connectivity index (χ0v) is 19.1. The Hall–Kier alpha value is -3.39. The Morgan fingerprint density at radius 3 is 2.12 bits per heavy atom. The molecule has 0 aliphatic heterocycles. The van der Waals surface area contributed by atoms with Crippen LogP contribution < -0.4 is 5.32 Å². The van der Waals surface area contributed by atoms with Gasteiger partial charge in [0, 0.05) is 25.1 Å². The molecule has 8 nitrogen and oxygen atoms in total. The van der Waals surface area contributed by atoms with Crippen LogP contribution in [0.25, 0.3) is 11.1 Å². The molecule has 0 bridgehead atoms. The van der Waals surface area contributed by atoms with E-state index in [0.717, 1.165) is 22.3 Å².